The highest BCUT2D eigenvalue weighted by Gasteiger charge is 2.20. The average molecular weight is 279 g/mol. The zero-order valence-electron chi connectivity index (χ0n) is 12.5. The largest absolute Gasteiger partial charge is 0.478 e. The number of likely N-dealkylation sites (tertiary alicyclic amines) is 1. The number of aromatic nitrogens is 1. The topological polar surface area (TPSA) is 60.6 Å². The van der Waals surface area contributed by atoms with Gasteiger partial charge in [-0.25, -0.2) is 0 Å². The van der Waals surface area contributed by atoms with Gasteiger partial charge < -0.3 is 20.1 Å². The van der Waals surface area contributed by atoms with Crippen molar-refractivity contribution in [1.82, 2.24) is 9.88 Å². The lowest BCUT2D eigenvalue weighted by Gasteiger charge is -2.19. The summed E-state index contributed by atoms with van der Waals surface area (Å²) in [5, 5.41) is 0. The Morgan fingerprint density at radius 1 is 1.35 bits per heavy atom. The maximum Gasteiger partial charge on any atom is 0.240 e. The van der Waals surface area contributed by atoms with E-state index in [1.807, 2.05) is 0 Å². The summed E-state index contributed by atoms with van der Waals surface area (Å²) in [7, 11) is 2.18. The number of hydrogen-bond acceptors (Lipinski definition) is 5. The standard InChI is InChI=1S/C15H25N3O2/c1-3-10-20-15-13(16)6-7-14(17-15)19-11-8-12-5-4-9-18(12)2/h6-7,12H,3-5,8-11,16H2,1-2H3. The Kier molecular flexibility index (Phi) is 5.47. The van der Waals surface area contributed by atoms with Crippen molar-refractivity contribution in [1.29, 1.82) is 0 Å². The lowest BCUT2D eigenvalue weighted by Crippen LogP contribution is -2.26. The Labute approximate surface area is 121 Å². The quantitative estimate of drug-likeness (QED) is 0.830. The Morgan fingerprint density at radius 3 is 2.90 bits per heavy atom. The molecule has 0 saturated carbocycles. The molecule has 1 aliphatic rings. The van der Waals surface area contributed by atoms with Gasteiger partial charge in [-0.2, -0.15) is 4.98 Å². The van der Waals surface area contributed by atoms with Crippen molar-refractivity contribution in [3.05, 3.63) is 12.1 Å². The highest BCUT2D eigenvalue weighted by atomic mass is 16.5. The number of rotatable bonds is 7. The van der Waals surface area contributed by atoms with E-state index in [0.717, 1.165) is 12.8 Å². The molecular weight excluding hydrogens is 254 g/mol. The molecule has 1 unspecified atom stereocenters. The number of nitrogens with two attached hydrogens (primary N) is 1. The van der Waals surface area contributed by atoms with E-state index in [2.05, 4.69) is 23.9 Å². The van der Waals surface area contributed by atoms with E-state index in [0.29, 0.717) is 36.7 Å². The Hall–Kier alpha value is -1.49. The second-order valence-electron chi connectivity index (χ2n) is 5.31. The van der Waals surface area contributed by atoms with Crippen molar-refractivity contribution in [3.63, 3.8) is 0 Å². The van der Waals surface area contributed by atoms with Crippen LogP contribution >= 0.6 is 0 Å². The van der Waals surface area contributed by atoms with E-state index in [-0.39, 0.29) is 0 Å². The van der Waals surface area contributed by atoms with Gasteiger partial charge in [-0.15, -0.1) is 0 Å². The minimum atomic E-state index is 0.474. The van der Waals surface area contributed by atoms with Crippen LogP contribution in [0.1, 0.15) is 32.6 Å². The van der Waals surface area contributed by atoms with Crippen molar-refractivity contribution in [2.24, 2.45) is 0 Å². The molecule has 2 heterocycles. The molecule has 0 aromatic carbocycles. The van der Waals surface area contributed by atoms with Crippen molar-refractivity contribution < 1.29 is 9.47 Å². The molecule has 5 heteroatoms. The Morgan fingerprint density at radius 2 is 2.20 bits per heavy atom. The summed E-state index contributed by atoms with van der Waals surface area (Å²) >= 11 is 0. The molecular formula is C15H25N3O2. The lowest BCUT2D eigenvalue weighted by molar-refractivity contribution is 0.225. The lowest BCUT2D eigenvalue weighted by atomic mass is 10.1. The van der Waals surface area contributed by atoms with Crippen LogP contribution in [0.2, 0.25) is 0 Å². The Bertz CT molecular complexity index is 426. The van der Waals surface area contributed by atoms with Gasteiger partial charge >= 0.3 is 0 Å². The van der Waals surface area contributed by atoms with Crippen molar-refractivity contribution in [3.8, 4) is 11.8 Å². The first-order valence-electron chi connectivity index (χ1n) is 7.43. The summed E-state index contributed by atoms with van der Waals surface area (Å²) in [5.74, 6) is 1.06. The summed E-state index contributed by atoms with van der Waals surface area (Å²) in [5.41, 5.74) is 6.38. The zero-order chi connectivity index (χ0) is 14.4. The third-order valence-corrected chi connectivity index (χ3v) is 3.68. The first-order chi connectivity index (χ1) is 9.70. The van der Waals surface area contributed by atoms with E-state index < -0.39 is 0 Å². The smallest absolute Gasteiger partial charge is 0.240 e. The highest BCUT2D eigenvalue weighted by Crippen LogP contribution is 2.23. The SMILES string of the molecule is CCCOc1nc(OCCC2CCCN2C)ccc1N. The summed E-state index contributed by atoms with van der Waals surface area (Å²) in [6, 6.07) is 4.22. The number of hydrogen-bond donors (Lipinski definition) is 1. The van der Waals surface area contributed by atoms with Gasteiger partial charge in [-0.3, -0.25) is 0 Å². The normalized spacial score (nSPS) is 19.2. The fourth-order valence-electron chi connectivity index (χ4n) is 2.47. The van der Waals surface area contributed by atoms with Gasteiger partial charge in [0.25, 0.3) is 0 Å². The molecule has 1 saturated heterocycles. The molecule has 2 rings (SSSR count). The summed E-state index contributed by atoms with van der Waals surface area (Å²) in [6.45, 7) is 4.54. The van der Waals surface area contributed by atoms with Gasteiger partial charge in [0.1, 0.15) is 0 Å². The fourth-order valence-corrected chi connectivity index (χ4v) is 2.47. The van der Waals surface area contributed by atoms with Gasteiger partial charge in [0.05, 0.1) is 18.9 Å². The van der Waals surface area contributed by atoms with E-state index in [4.69, 9.17) is 15.2 Å². The van der Waals surface area contributed by atoms with Crippen LogP contribution in [0.4, 0.5) is 5.69 Å². The van der Waals surface area contributed by atoms with Crippen LogP contribution in [-0.4, -0.2) is 42.7 Å². The number of nitrogens with zero attached hydrogens (tertiary/aromatic N) is 2. The van der Waals surface area contributed by atoms with Gasteiger partial charge in [-0.1, -0.05) is 6.92 Å². The molecule has 0 aliphatic carbocycles. The van der Waals surface area contributed by atoms with E-state index >= 15 is 0 Å². The van der Waals surface area contributed by atoms with Crippen LogP contribution < -0.4 is 15.2 Å². The van der Waals surface area contributed by atoms with Crippen LogP contribution in [-0.2, 0) is 0 Å². The highest BCUT2D eigenvalue weighted by molar-refractivity contribution is 5.49. The van der Waals surface area contributed by atoms with Crippen LogP contribution in [0.25, 0.3) is 0 Å². The third-order valence-electron chi connectivity index (χ3n) is 3.68. The van der Waals surface area contributed by atoms with Gasteiger partial charge in [-0.05, 0) is 45.3 Å². The summed E-state index contributed by atoms with van der Waals surface area (Å²) < 4.78 is 11.2. The monoisotopic (exact) mass is 279 g/mol. The first kappa shape index (κ1) is 14.9. The zero-order valence-corrected chi connectivity index (χ0v) is 12.5. The minimum absolute atomic E-state index is 0.474. The maximum atomic E-state index is 5.83. The molecule has 1 atom stereocenters. The van der Waals surface area contributed by atoms with Crippen molar-refractivity contribution in [2.45, 2.75) is 38.6 Å². The molecule has 0 radical (unpaired) electrons. The third kappa shape index (κ3) is 4.00. The van der Waals surface area contributed by atoms with Crippen molar-refractivity contribution in [2.75, 3.05) is 32.5 Å². The molecule has 20 heavy (non-hydrogen) atoms. The second kappa shape index (κ2) is 7.33. The maximum absolute atomic E-state index is 5.83. The summed E-state index contributed by atoms with van der Waals surface area (Å²) in [4.78, 5) is 6.71. The molecule has 5 nitrogen and oxygen atoms in total. The first-order valence-corrected chi connectivity index (χ1v) is 7.43. The van der Waals surface area contributed by atoms with Gasteiger partial charge in [0.2, 0.25) is 11.8 Å². The predicted octanol–water partition coefficient (Wildman–Crippen LogP) is 2.32. The van der Waals surface area contributed by atoms with Gasteiger partial charge in [0.15, 0.2) is 0 Å². The molecule has 1 aromatic heterocycles. The van der Waals surface area contributed by atoms with Crippen molar-refractivity contribution >= 4 is 5.69 Å². The molecule has 112 valence electrons. The molecule has 2 N–H and O–H groups in total. The van der Waals surface area contributed by atoms with Crippen LogP contribution in [0.15, 0.2) is 12.1 Å². The van der Waals surface area contributed by atoms with E-state index in [1.165, 1.54) is 19.4 Å². The number of pyridine rings is 1. The molecule has 1 aliphatic heterocycles. The van der Waals surface area contributed by atoms with Crippen LogP contribution in [0.3, 0.4) is 0 Å². The number of anilines is 1. The molecule has 1 fully saturated rings. The Balaban J connectivity index is 1.83. The molecule has 0 amide bonds. The molecule has 0 bridgehead atoms. The molecule has 1 aromatic rings. The second-order valence-corrected chi connectivity index (χ2v) is 5.31. The number of nitrogen functional groups attached to an aromatic ring is 1. The summed E-state index contributed by atoms with van der Waals surface area (Å²) in [6.07, 6.45) is 4.52. The van der Waals surface area contributed by atoms with Crippen LogP contribution in [0, 0.1) is 0 Å². The fraction of sp³-hybridized carbons (Fsp3) is 0.667. The van der Waals surface area contributed by atoms with E-state index in [1.54, 1.807) is 12.1 Å². The average Bonchev–Trinajstić information content (AvgIpc) is 2.85. The van der Waals surface area contributed by atoms with Gasteiger partial charge in [0, 0.05) is 12.1 Å². The van der Waals surface area contributed by atoms with E-state index in [9.17, 15) is 0 Å². The predicted molar refractivity (Wildman–Crippen MR) is 80.2 cm³/mol. The molecule has 0 spiro atoms. The number of ether oxygens (including phenoxy) is 2. The van der Waals surface area contributed by atoms with Crippen LogP contribution in [0.5, 0.6) is 11.8 Å². The minimum Gasteiger partial charge on any atom is -0.478 e.